The van der Waals surface area contributed by atoms with Gasteiger partial charge < -0.3 is 4.52 Å². The number of para-hydroxylation sites is 1. The fraction of sp³-hybridized carbons (Fsp3) is 0.238. The van der Waals surface area contributed by atoms with Crippen molar-refractivity contribution < 1.29 is 4.52 Å². The van der Waals surface area contributed by atoms with Gasteiger partial charge >= 0.3 is 0 Å². The third-order valence-corrected chi connectivity index (χ3v) is 5.15. The molecule has 0 aliphatic carbocycles. The van der Waals surface area contributed by atoms with Crippen LogP contribution in [0.25, 0.3) is 17.1 Å². The van der Waals surface area contributed by atoms with Gasteiger partial charge in [-0.1, -0.05) is 65.8 Å². The van der Waals surface area contributed by atoms with E-state index in [1.54, 1.807) is 0 Å². The average Bonchev–Trinajstić information content (AvgIpc) is 3.34. The molecule has 0 fully saturated rings. The summed E-state index contributed by atoms with van der Waals surface area (Å²) < 4.78 is 7.42. The molecule has 2 heterocycles. The van der Waals surface area contributed by atoms with Gasteiger partial charge in [0.15, 0.2) is 16.8 Å². The van der Waals surface area contributed by atoms with E-state index in [2.05, 4.69) is 69.1 Å². The summed E-state index contributed by atoms with van der Waals surface area (Å²) in [6.07, 6.45) is 1.82. The molecular formula is C21H21N5OS. The third kappa shape index (κ3) is 3.99. The molecule has 0 aliphatic rings. The lowest BCUT2D eigenvalue weighted by Gasteiger charge is -2.10. The molecule has 2 aromatic heterocycles. The van der Waals surface area contributed by atoms with Crippen LogP contribution in [0.2, 0.25) is 0 Å². The second-order valence-corrected chi connectivity index (χ2v) is 7.43. The van der Waals surface area contributed by atoms with Crippen LogP contribution in [0.5, 0.6) is 0 Å². The Bertz CT molecular complexity index is 1060. The number of hydrogen-bond acceptors (Lipinski definition) is 6. The molecule has 0 atom stereocenters. The monoisotopic (exact) mass is 391 g/mol. The molecule has 0 N–H and O–H groups in total. The lowest BCUT2D eigenvalue weighted by molar-refractivity contribution is 0.384. The summed E-state index contributed by atoms with van der Waals surface area (Å²) in [6, 6.07) is 18.4. The van der Waals surface area contributed by atoms with Gasteiger partial charge in [-0.05, 0) is 31.5 Å². The average molecular weight is 392 g/mol. The number of nitrogens with zero attached hydrogens (tertiary/aromatic N) is 5. The summed E-state index contributed by atoms with van der Waals surface area (Å²) in [6.45, 7) is 4.17. The quantitative estimate of drug-likeness (QED) is 0.419. The zero-order chi connectivity index (χ0) is 19.3. The molecule has 0 saturated carbocycles. The summed E-state index contributed by atoms with van der Waals surface area (Å²) >= 11 is 1.54. The number of aryl methyl sites for hydroxylation is 2. The van der Waals surface area contributed by atoms with Gasteiger partial charge in [0.25, 0.3) is 0 Å². The standard InChI is InChI=1S/C21H21N5OS/c1-3-8-18-22-19(27-25-18)14-28-21-24-23-20(16-10-7-9-15(2)13-16)26(21)17-11-5-4-6-12-17/h4-7,9-13H,3,8,14H2,1-2H3. The van der Waals surface area contributed by atoms with Crippen LogP contribution in [0.3, 0.4) is 0 Å². The molecule has 2 aromatic carbocycles. The van der Waals surface area contributed by atoms with E-state index >= 15 is 0 Å². The van der Waals surface area contributed by atoms with Crippen LogP contribution >= 0.6 is 11.8 Å². The fourth-order valence-corrected chi connectivity index (χ4v) is 3.73. The Kier molecular flexibility index (Phi) is 5.53. The predicted molar refractivity (Wildman–Crippen MR) is 109 cm³/mol. The molecule has 6 nitrogen and oxygen atoms in total. The first-order chi connectivity index (χ1) is 13.7. The molecular weight excluding hydrogens is 370 g/mol. The SMILES string of the molecule is CCCc1noc(CSc2nnc(-c3cccc(C)c3)n2-c2ccccc2)n1. The highest BCUT2D eigenvalue weighted by molar-refractivity contribution is 7.98. The molecule has 4 rings (SSSR count). The van der Waals surface area contributed by atoms with E-state index in [1.807, 2.05) is 24.3 Å². The Hall–Kier alpha value is -2.93. The van der Waals surface area contributed by atoms with Crippen molar-refractivity contribution in [2.75, 3.05) is 0 Å². The van der Waals surface area contributed by atoms with Crippen molar-refractivity contribution in [2.24, 2.45) is 0 Å². The second-order valence-electron chi connectivity index (χ2n) is 6.49. The van der Waals surface area contributed by atoms with E-state index in [1.165, 1.54) is 17.3 Å². The van der Waals surface area contributed by atoms with E-state index < -0.39 is 0 Å². The zero-order valence-electron chi connectivity index (χ0n) is 15.9. The molecule has 7 heteroatoms. The predicted octanol–water partition coefficient (Wildman–Crippen LogP) is 4.87. The highest BCUT2D eigenvalue weighted by atomic mass is 32.2. The molecule has 4 aromatic rings. The van der Waals surface area contributed by atoms with E-state index in [0.717, 1.165) is 40.9 Å². The fourth-order valence-electron chi connectivity index (χ4n) is 2.94. The molecule has 28 heavy (non-hydrogen) atoms. The lowest BCUT2D eigenvalue weighted by Crippen LogP contribution is -1.99. The van der Waals surface area contributed by atoms with E-state index in [4.69, 9.17) is 4.52 Å². The lowest BCUT2D eigenvalue weighted by atomic mass is 10.1. The normalized spacial score (nSPS) is 11.1. The Labute approximate surface area is 168 Å². The van der Waals surface area contributed by atoms with Crippen LogP contribution in [-0.4, -0.2) is 24.9 Å². The van der Waals surface area contributed by atoms with Gasteiger partial charge in [0.1, 0.15) is 0 Å². The Morgan fingerprint density at radius 2 is 1.89 bits per heavy atom. The van der Waals surface area contributed by atoms with Crippen molar-refractivity contribution in [1.82, 2.24) is 24.9 Å². The van der Waals surface area contributed by atoms with Gasteiger partial charge in [0.2, 0.25) is 5.89 Å². The molecule has 0 saturated heterocycles. The van der Waals surface area contributed by atoms with E-state index in [-0.39, 0.29) is 0 Å². The molecule has 142 valence electrons. The molecule has 0 unspecified atom stereocenters. The van der Waals surface area contributed by atoms with Crippen LogP contribution < -0.4 is 0 Å². The molecule has 0 radical (unpaired) electrons. The van der Waals surface area contributed by atoms with Crippen molar-refractivity contribution in [2.45, 2.75) is 37.6 Å². The molecule has 0 spiro atoms. The first-order valence-corrected chi connectivity index (χ1v) is 10.3. The smallest absolute Gasteiger partial charge is 0.237 e. The first kappa shape index (κ1) is 18.4. The summed E-state index contributed by atoms with van der Waals surface area (Å²) in [5, 5.41) is 13.7. The van der Waals surface area contributed by atoms with Gasteiger partial charge in [-0.3, -0.25) is 4.57 Å². The highest BCUT2D eigenvalue weighted by Gasteiger charge is 2.17. The van der Waals surface area contributed by atoms with Crippen molar-refractivity contribution in [3.63, 3.8) is 0 Å². The van der Waals surface area contributed by atoms with Gasteiger partial charge in [-0.25, -0.2) is 0 Å². The maximum Gasteiger partial charge on any atom is 0.237 e. The maximum atomic E-state index is 5.35. The van der Waals surface area contributed by atoms with Crippen LogP contribution in [0.4, 0.5) is 0 Å². The molecule has 0 bridgehead atoms. The van der Waals surface area contributed by atoms with Gasteiger partial charge in [-0.2, -0.15) is 4.98 Å². The van der Waals surface area contributed by atoms with E-state index in [0.29, 0.717) is 11.6 Å². The Morgan fingerprint density at radius 3 is 2.68 bits per heavy atom. The molecule has 0 amide bonds. The topological polar surface area (TPSA) is 69.6 Å². The van der Waals surface area contributed by atoms with Crippen molar-refractivity contribution >= 4 is 11.8 Å². The van der Waals surface area contributed by atoms with Gasteiger partial charge in [0.05, 0.1) is 5.75 Å². The Morgan fingerprint density at radius 1 is 1.04 bits per heavy atom. The van der Waals surface area contributed by atoms with Crippen LogP contribution in [0.15, 0.2) is 64.3 Å². The zero-order valence-corrected chi connectivity index (χ0v) is 16.7. The molecule has 0 aliphatic heterocycles. The van der Waals surface area contributed by atoms with Gasteiger partial charge in [0, 0.05) is 17.7 Å². The Balaban J connectivity index is 1.67. The summed E-state index contributed by atoms with van der Waals surface area (Å²) in [7, 11) is 0. The number of aromatic nitrogens is 5. The van der Waals surface area contributed by atoms with Crippen LogP contribution in [0.1, 0.15) is 30.6 Å². The van der Waals surface area contributed by atoms with Crippen LogP contribution in [-0.2, 0) is 12.2 Å². The largest absolute Gasteiger partial charge is 0.338 e. The first-order valence-electron chi connectivity index (χ1n) is 9.26. The minimum Gasteiger partial charge on any atom is -0.338 e. The minimum atomic E-state index is 0.551. The highest BCUT2D eigenvalue weighted by Crippen LogP contribution is 2.29. The summed E-state index contributed by atoms with van der Waals surface area (Å²) in [4.78, 5) is 4.44. The number of hydrogen-bond donors (Lipinski definition) is 0. The van der Waals surface area contributed by atoms with Crippen molar-refractivity contribution in [1.29, 1.82) is 0 Å². The second kappa shape index (κ2) is 8.39. The number of benzene rings is 2. The van der Waals surface area contributed by atoms with Crippen LogP contribution in [0, 0.1) is 6.92 Å². The van der Waals surface area contributed by atoms with Gasteiger partial charge in [-0.15, -0.1) is 10.2 Å². The van der Waals surface area contributed by atoms with Crippen molar-refractivity contribution in [3.8, 4) is 17.1 Å². The van der Waals surface area contributed by atoms with Crippen molar-refractivity contribution in [3.05, 3.63) is 71.9 Å². The number of rotatable bonds is 7. The summed E-state index contributed by atoms with van der Waals surface area (Å²) in [5.41, 5.74) is 3.23. The van der Waals surface area contributed by atoms with E-state index in [9.17, 15) is 0 Å². The minimum absolute atomic E-state index is 0.551. The summed E-state index contributed by atoms with van der Waals surface area (Å²) in [5.74, 6) is 2.72. The third-order valence-electron chi connectivity index (χ3n) is 4.23. The number of thioether (sulfide) groups is 1. The maximum absolute atomic E-state index is 5.35.